The maximum Gasteiger partial charge on any atom is 0.269 e. The molecule has 1 amide bonds. The average Bonchev–Trinajstić information content (AvgIpc) is 3.17. The van der Waals surface area contributed by atoms with Crippen LogP contribution in [0.5, 0.6) is 0 Å². The molecule has 0 aliphatic heterocycles. The number of halogens is 2. The lowest BCUT2D eigenvalue weighted by atomic mass is 10.1. The highest BCUT2D eigenvalue weighted by atomic mass is 35.5. The molecule has 0 aliphatic rings. The Kier molecular flexibility index (Phi) is 5.38. The molecular formula is C17H12ClFN2O3S2. The maximum absolute atomic E-state index is 14.2. The predicted molar refractivity (Wildman–Crippen MR) is 99.0 cm³/mol. The van der Waals surface area contributed by atoms with Crippen molar-refractivity contribution in [3.63, 3.8) is 0 Å². The summed E-state index contributed by atoms with van der Waals surface area (Å²) in [6, 6.07) is 13.8. The van der Waals surface area contributed by atoms with Crippen LogP contribution in [-0.4, -0.2) is 14.3 Å². The van der Waals surface area contributed by atoms with Gasteiger partial charge in [0.15, 0.2) is 5.82 Å². The molecule has 0 radical (unpaired) electrons. The zero-order valence-corrected chi connectivity index (χ0v) is 15.5. The second-order valence-corrected chi connectivity index (χ2v) is 8.21. The van der Waals surface area contributed by atoms with E-state index in [0.717, 1.165) is 4.88 Å². The lowest BCUT2D eigenvalue weighted by Gasteiger charge is -2.10. The van der Waals surface area contributed by atoms with E-state index in [1.807, 2.05) is 21.7 Å². The lowest BCUT2D eigenvalue weighted by Crippen LogP contribution is -2.41. The van der Waals surface area contributed by atoms with Crippen LogP contribution in [-0.2, 0) is 10.0 Å². The monoisotopic (exact) mass is 410 g/mol. The molecule has 3 aromatic rings. The van der Waals surface area contributed by atoms with Crippen molar-refractivity contribution in [2.24, 2.45) is 0 Å². The molecule has 0 unspecified atom stereocenters. The summed E-state index contributed by atoms with van der Waals surface area (Å²) in [5, 5.41) is 1.60. The Hall–Kier alpha value is -2.26. The van der Waals surface area contributed by atoms with Crippen molar-refractivity contribution in [3.05, 3.63) is 76.4 Å². The van der Waals surface area contributed by atoms with Gasteiger partial charge in [0.25, 0.3) is 15.9 Å². The standard InChI is InChI=1S/C17H12ClFN2O3S2/c18-14-10-11(15-7-4-8-25-15)9-13(16(14)19)17(22)20-21-26(23,24)12-5-2-1-3-6-12/h1-10,21H,(H,20,22). The minimum Gasteiger partial charge on any atom is -0.273 e. The van der Waals surface area contributed by atoms with E-state index in [1.54, 1.807) is 24.3 Å². The summed E-state index contributed by atoms with van der Waals surface area (Å²) in [6.45, 7) is 0. The fourth-order valence-electron chi connectivity index (χ4n) is 2.18. The number of nitrogens with one attached hydrogen (secondary N) is 2. The van der Waals surface area contributed by atoms with Crippen molar-refractivity contribution in [1.82, 2.24) is 10.3 Å². The third-order valence-electron chi connectivity index (χ3n) is 3.43. The third kappa shape index (κ3) is 3.94. The highest BCUT2D eigenvalue weighted by Gasteiger charge is 2.20. The number of benzene rings is 2. The number of carbonyl (C=O) groups excluding carboxylic acids is 1. The normalized spacial score (nSPS) is 11.3. The topological polar surface area (TPSA) is 75.3 Å². The van der Waals surface area contributed by atoms with Crippen LogP contribution in [0.2, 0.25) is 5.02 Å². The molecule has 0 aliphatic carbocycles. The molecule has 0 saturated carbocycles. The number of carbonyl (C=O) groups is 1. The van der Waals surface area contributed by atoms with Gasteiger partial charge in [-0.3, -0.25) is 10.2 Å². The van der Waals surface area contributed by atoms with Crippen molar-refractivity contribution >= 4 is 38.9 Å². The van der Waals surface area contributed by atoms with Crippen LogP contribution in [0.25, 0.3) is 10.4 Å². The Labute approximate surface area is 158 Å². The van der Waals surface area contributed by atoms with Crippen LogP contribution in [0.4, 0.5) is 4.39 Å². The van der Waals surface area contributed by atoms with E-state index < -0.39 is 21.7 Å². The van der Waals surface area contributed by atoms with Gasteiger partial charge in [-0.15, -0.1) is 16.2 Å². The molecule has 5 nitrogen and oxygen atoms in total. The van der Waals surface area contributed by atoms with Gasteiger partial charge in [-0.1, -0.05) is 35.9 Å². The minimum absolute atomic E-state index is 0.0360. The minimum atomic E-state index is -3.97. The quantitative estimate of drug-likeness (QED) is 0.627. The number of hydrogen-bond acceptors (Lipinski definition) is 4. The third-order valence-corrected chi connectivity index (χ3v) is 5.89. The smallest absolute Gasteiger partial charge is 0.269 e. The molecule has 0 spiro atoms. The molecular weight excluding hydrogens is 399 g/mol. The molecule has 26 heavy (non-hydrogen) atoms. The SMILES string of the molecule is O=C(NNS(=O)(=O)c1ccccc1)c1cc(-c2cccs2)cc(Cl)c1F. The van der Waals surface area contributed by atoms with E-state index in [0.29, 0.717) is 5.56 Å². The van der Waals surface area contributed by atoms with Crippen molar-refractivity contribution in [2.75, 3.05) is 0 Å². The van der Waals surface area contributed by atoms with E-state index in [1.165, 1.54) is 35.6 Å². The summed E-state index contributed by atoms with van der Waals surface area (Å²) in [5.41, 5.74) is 2.20. The number of hydrazine groups is 1. The summed E-state index contributed by atoms with van der Waals surface area (Å²) < 4.78 is 38.5. The van der Waals surface area contributed by atoms with Gasteiger partial charge in [0.1, 0.15) is 0 Å². The fourth-order valence-corrected chi connectivity index (χ4v) is 3.97. The van der Waals surface area contributed by atoms with Crippen LogP contribution in [0, 0.1) is 5.82 Å². The van der Waals surface area contributed by atoms with Crippen molar-refractivity contribution in [3.8, 4) is 10.4 Å². The molecule has 0 saturated heterocycles. The number of rotatable bonds is 5. The van der Waals surface area contributed by atoms with Gasteiger partial charge in [0, 0.05) is 4.88 Å². The molecule has 134 valence electrons. The van der Waals surface area contributed by atoms with E-state index in [9.17, 15) is 17.6 Å². The first-order valence-corrected chi connectivity index (χ1v) is 10.0. The van der Waals surface area contributed by atoms with Gasteiger partial charge >= 0.3 is 0 Å². The average molecular weight is 411 g/mol. The predicted octanol–water partition coefficient (Wildman–Crippen LogP) is 3.83. The van der Waals surface area contributed by atoms with Gasteiger partial charge in [-0.05, 0) is 41.3 Å². The Morgan fingerprint density at radius 3 is 2.46 bits per heavy atom. The first-order valence-electron chi connectivity index (χ1n) is 7.28. The highest BCUT2D eigenvalue weighted by Crippen LogP contribution is 2.30. The van der Waals surface area contributed by atoms with Crippen LogP contribution in [0.3, 0.4) is 0 Å². The molecule has 2 N–H and O–H groups in total. The Bertz CT molecular complexity index is 1040. The van der Waals surface area contributed by atoms with Gasteiger partial charge in [0.2, 0.25) is 0 Å². The number of hydrogen-bond donors (Lipinski definition) is 2. The van der Waals surface area contributed by atoms with Gasteiger partial charge < -0.3 is 0 Å². The Morgan fingerprint density at radius 1 is 1.08 bits per heavy atom. The molecule has 1 aromatic heterocycles. The van der Waals surface area contributed by atoms with Crippen LogP contribution in [0.1, 0.15) is 10.4 Å². The van der Waals surface area contributed by atoms with Gasteiger partial charge in [-0.2, -0.15) is 0 Å². The summed E-state index contributed by atoms with van der Waals surface area (Å²) in [7, 11) is -3.97. The van der Waals surface area contributed by atoms with E-state index >= 15 is 0 Å². The van der Waals surface area contributed by atoms with Crippen LogP contribution in [0.15, 0.2) is 64.9 Å². The summed E-state index contributed by atoms with van der Waals surface area (Å²) in [4.78, 5) is 15.0. The Balaban J connectivity index is 1.84. The molecule has 0 fully saturated rings. The number of amides is 1. The zero-order chi connectivity index (χ0) is 18.7. The first kappa shape index (κ1) is 18.5. The van der Waals surface area contributed by atoms with Crippen molar-refractivity contribution < 1.29 is 17.6 Å². The van der Waals surface area contributed by atoms with Gasteiger partial charge in [0.05, 0.1) is 15.5 Å². The molecule has 2 aromatic carbocycles. The number of sulfonamides is 1. The van der Waals surface area contributed by atoms with Crippen LogP contribution < -0.4 is 10.3 Å². The molecule has 9 heteroatoms. The van der Waals surface area contributed by atoms with E-state index in [4.69, 9.17) is 11.6 Å². The second-order valence-electron chi connectivity index (χ2n) is 5.17. The van der Waals surface area contributed by atoms with Gasteiger partial charge in [-0.25, -0.2) is 12.8 Å². The fraction of sp³-hybridized carbons (Fsp3) is 0. The molecule has 0 bridgehead atoms. The van der Waals surface area contributed by atoms with E-state index in [2.05, 4.69) is 0 Å². The molecule has 0 atom stereocenters. The van der Waals surface area contributed by atoms with Crippen molar-refractivity contribution in [1.29, 1.82) is 0 Å². The first-order chi connectivity index (χ1) is 12.4. The molecule has 1 heterocycles. The highest BCUT2D eigenvalue weighted by molar-refractivity contribution is 7.89. The van der Waals surface area contributed by atoms with E-state index in [-0.39, 0.29) is 15.5 Å². The van der Waals surface area contributed by atoms with Crippen LogP contribution >= 0.6 is 22.9 Å². The zero-order valence-electron chi connectivity index (χ0n) is 13.1. The summed E-state index contributed by atoms with van der Waals surface area (Å²) in [5.74, 6) is -1.88. The summed E-state index contributed by atoms with van der Waals surface area (Å²) >= 11 is 7.28. The lowest BCUT2D eigenvalue weighted by molar-refractivity contribution is 0.0941. The number of thiophene rings is 1. The summed E-state index contributed by atoms with van der Waals surface area (Å²) in [6.07, 6.45) is 0. The second kappa shape index (κ2) is 7.55. The largest absolute Gasteiger partial charge is 0.273 e. The Morgan fingerprint density at radius 2 is 1.81 bits per heavy atom. The van der Waals surface area contributed by atoms with Crippen molar-refractivity contribution in [2.45, 2.75) is 4.90 Å². The maximum atomic E-state index is 14.2. The molecule has 3 rings (SSSR count).